The van der Waals surface area contributed by atoms with E-state index in [0.29, 0.717) is 12.1 Å². The third-order valence-electron chi connectivity index (χ3n) is 6.67. The molecule has 7 nitrogen and oxygen atoms in total. The van der Waals surface area contributed by atoms with Crippen LogP contribution in [0.4, 0.5) is 5.69 Å². The van der Waals surface area contributed by atoms with Crippen molar-refractivity contribution in [3.05, 3.63) is 101 Å². The van der Waals surface area contributed by atoms with Gasteiger partial charge in [0.2, 0.25) is 21.8 Å². The van der Waals surface area contributed by atoms with E-state index in [1.165, 1.54) is 4.90 Å². The Morgan fingerprint density at radius 1 is 0.821 bits per heavy atom. The molecule has 0 aliphatic carbocycles. The number of hydrogen-bond acceptors (Lipinski definition) is 4. The third-order valence-corrected chi connectivity index (χ3v) is 7.78. The van der Waals surface area contributed by atoms with Gasteiger partial charge in [-0.05, 0) is 62.4 Å². The molecule has 3 aromatic rings. The topological polar surface area (TPSA) is 86.8 Å². The van der Waals surface area contributed by atoms with E-state index in [0.717, 1.165) is 38.4 Å². The molecule has 2 amide bonds. The van der Waals surface area contributed by atoms with Crippen LogP contribution in [0.5, 0.6) is 0 Å². The number of aryl methyl sites for hydroxylation is 3. The number of amides is 2. The van der Waals surface area contributed by atoms with Crippen molar-refractivity contribution < 1.29 is 18.0 Å². The van der Waals surface area contributed by atoms with Gasteiger partial charge in [0.05, 0.1) is 11.9 Å². The van der Waals surface area contributed by atoms with E-state index in [4.69, 9.17) is 0 Å². The monoisotopic (exact) mass is 549 g/mol. The smallest absolute Gasteiger partial charge is 0.244 e. The van der Waals surface area contributed by atoms with Crippen LogP contribution in [0.3, 0.4) is 0 Å². The summed E-state index contributed by atoms with van der Waals surface area (Å²) in [7, 11) is -3.81. The molecule has 0 spiro atoms. The van der Waals surface area contributed by atoms with E-state index in [1.807, 2.05) is 107 Å². The van der Waals surface area contributed by atoms with Gasteiger partial charge < -0.3 is 10.2 Å². The molecule has 0 aliphatic rings. The summed E-state index contributed by atoms with van der Waals surface area (Å²) in [5.74, 6) is -0.736. The Kier molecular flexibility index (Phi) is 9.92. The number of hydrogen-bond donors (Lipinski definition) is 1. The number of sulfonamides is 1. The number of carbonyl (C=O) groups is 2. The molecular weight excluding hydrogens is 510 g/mol. The Bertz CT molecular complexity index is 1380. The SMILES string of the molecule is Cc1ccccc1CN(C(=O)CN(c1c(C)cccc1C)S(C)(=O)=O)C(Cc1ccccc1)C(=O)NC(C)C. The summed E-state index contributed by atoms with van der Waals surface area (Å²) in [6.07, 6.45) is 1.39. The average Bonchev–Trinajstić information content (AvgIpc) is 2.86. The summed E-state index contributed by atoms with van der Waals surface area (Å²) in [5.41, 5.74) is 4.75. The molecule has 3 rings (SSSR count). The number of nitrogens with zero attached hydrogens (tertiary/aromatic N) is 2. The van der Waals surface area contributed by atoms with Gasteiger partial charge in [0.1, 0.15) is 12.6 Å². The van der Waals surface area contributed by atoms with Crippen molar-refractivity contribution in [3.63, 3.8) is 0 Å². The van der Waals surface area contributed by atoms with Crippen molar-refractivity contribution in [1.82, 2.24) is 10.2 Å². The van der Waals surface area contributed by atoms with Crippen LogP contribution >= 0.6 is 0 Å². The number of nitrogens with one attached hydrogen (secondary N) is 1. The molecule has 0 saturated heterocycles. The minimum absolute atomic E-state index is 0.131. The van der Waals surface area contributed by atoms with E-state index < -0.39 is 28.5 Å². The quantitative estimate of drug-likeness (QED) is 0.380. The summed E-state index contributed by atoms with van der Waals surface area (Å²) < 4.78 is 27.2. The average molecular weight is 550 g/mol. The molecule has 0 radical (unpaired) electrons. The molecule has 0 saturated carbocycles. The molecule has 0 fully saturated rings. The van der Waals surface area contributed by atoms with Gasteiger partial charge in [0, 0.05) is 19.0 Å². The van der Waals surface area contributed by atoms with Crippen molar-refractivity contribution in [2.75, 3.05) is 17.1 Å². The highest BCUT2D eigenvalue weighted by atomic mass is 32.2. The highest BCUT2D eigenvalue weighted by Crippen LogP contribution is 2.27. The second-order valence-corrected chi connectivity index (χ2v) is 12.2. The zero-order valence-corrected chi connectivity index (χ0v) is 24.5. The number of benzene rings is 3. The van der Waals surface area contributed by atoms with E-state index in [1.54, 1.807) is 0 Å². The van der Waals surface area contributed by atoms with Crippen LogP contribution in [-0.4, -0.2) is 50.0 Å². The van der Waals surface area contributed by atoms with Crippen LogP contribution in [-0.2, 0) is 32.6 Å². The highest BCUT2D eigenvalue weighted by molar-refractivity contribution is 7.92. The van der Waals surface area contributed by atoms with Gasteiger partial charge in [0.25, 0.3) is 0 Å². The maximum absolute atomic E-state index is 14.2. The first-order valence-corrected chi connectivity index (χ1v) is 15.0. The van der Waals surface area contributed by atoms with Crippen LogP contribution < -0.4 is 9.62 Å². The van der Waals surface area contributed by atoms with Crippen molar-refractivity contribution >= 4 is 27.5 Å². The van der Waals surface area contributed by atoms with Gasteiger partial charge in [-0.3, -0.25) is 13.9 Å². The van der Waals surface area contributed by atoms with E-state index in [2.05, 4.69) is 5.32 Å². The molecule has 3 aromatic carbocycles. The lowest BCUT2D eigenvalue weighted by atomic mass is 10.0. The first kappa shape index (κ1) is 29.9. The molecule has 1 N–H and O–H groups in total. The maximum Gasteiger partial charge on any atom is 0.244 e. The lowest BCUT2D eigenvalue weighted by Gasteiger charge is -2.34. The number of para-hydroxylation sites is 1. The number of carbonyl (C=O) groups excluding carboxylic acids is 2. The fourth-order valence-corrected chi connectivity index (χ4v) is 5.65. The van der Waals surface area contributed by atoms with Crippen molar-refractivity contribution in [1.29, 1.82) is 0 Å². The minimum atomic E-state index is -3.81. The lowest BCUT2D eigenvalue weighted by molar-refractivity contribution is -0.140. The second-order valence-electron chi connectivity index (χ2n) is 10.3. The lowest BCUT2D eigenvalue weighted by Crippen LogP contribution is -2.54. The van der Waals surface area contributed by atoms with Crippen molar-refractivity contribution in [3.8, 4) is 0 Å². The van der Waals surface area contributed by atoms with E-state index in [-0.39, 0.29) is 18.5 Å². The Morgan fingerprint density at radius 2 is 1.38 bits per heavy atom. The number of anilines is 1. The fourth-order valence-electron chi connectivity index (χ4n) is 4.68. The molecule has 0 aliphatic heterocycles. The van der Waals surface area contributed by atoms with Gasteiger partial charge in [0.15, 0.2) is 0 Å². The van der Waals surface area contributed by atoms with Gasteiger partial charge in [-0.2, -0.15) is 0 Å². The second kappa shape index (κ2) is 12.9. The zero-order chi connectivity index (χ0) is 28.7. The normalized spacial score (nSPS) is 12.2. The molecule has 0 heterocycles. The van der Waals surface area contributed by atoms with Crippen LogP contribution in [0.1, 0.15) is 41.7 Å². The summed E-state index contributed by atoms with van der Waals surface area (Å²) in [6.45, 7) is 9.09. The Balaban J connectivity index is 2.10. The summed E-state index contributed by atoms with van der Waals surface area (Å²) in [4.78, 5) is 29.3. The van der Waals surface area contributed by atoms with Gasteiger partial charge in [-0.1, -0.05) is 72.8 Å². The van der Waals surface area contributed by atoms with Gasteiger partial charge in [-0.15, -0.1) is 0 Å². The van der Waals surface area contributed by atoms with Crippen molar-refractivity contribution in [2.24, 2.45) is 0 Å². The zero-order valence-electron chi connectivity index (χ0n) is 23.6. The predicted octanol–water partition coefficient (Wildman–Crippen LogP) is 4.54. The standard InChI is InChI=1S/C31H39N3O4S/c1-22(2)32-31(36)28(19-26-16-8-7-9-17-26)33(20-27-18-11-10-13-23(27)3)29(35)21-34(39(6,37)38)30-24(4)14-12-15-25(30)5/h7-18,22,28H,19-21H2,1-6H3,(H,32,36). The van der Waals surface area contributed by atoms with E-state index in [9.17, 15) is 18.0 Å². The largest absolute Gasteiger partial charge is 0.352 e. The number of rotatable bonds is 11. The van der Waals surface area contributed by atoms with Crippen LogP contribution in [0.2, 0.25) is 0 Å². The molecule has 208 valence electrons. The fraction of sp³-hybridized carbons (Fsp3) is 0.355. The molecule has 39 heavy (non-hydrogen) atoms. The highest BCUT2D eigenvalue weighted by Gasteiger charge is 2.34. The van der Waals surface area contributed by atoms with Crippen molar-refractivity contribution in [2.45, 2.75) is 59.7 Å². The molecule has 0 aromatic heterocycles. The summed E-state index contributed by atoms with van der Waals surface area (Å²) in [5, 5.41) is 2.97. The molecule has 1 atom stereocenters. The van der Waals surface area contributed by atoms with Crippen LogP contribution in [0.25, 0.3) is 0 Å². The predicted molar refractivity (Wildman–Crippen MR) is 157 cm³/mol. The minimum Gasteiger partial charge on any atom is -0.352 e. The maximum atomic E-state index is 14.2. The first-order valence-electron chi connectivity index (χ1n) is 13.1. The Labute approximate surface area is 232 Å². The molecular formula is C31H39N3O4S. The molecule has 8 heteroatoms. The molecule has 0 bridgehead atoms. The van der Waals surface area contributed by atoms with Crippen LogP contribution in [0, 0.1) is 20.8 Å². The third kappa shape index (κ3) is 7.93. The summed E-state index contributed by atoms with van der Waals surface area (Å²) in [6, 6.07) is 21.8. The Hall–Kier alpha value is -3.65. The summed E-state index contributed by atoms with van der Waals surface area (Å²) >= 11 is 0. The van der Waals surface area contributed by atoms with Gasteiger partial charge >= 0.3 is 0 Å². The van der Waals surface area contributed by atoms with E-state index >= 15 is 0 Å². The van der Waals surface area contributed by atoms with Crippen LogP contribution in [0.15, 0.2) is 72.8 Å². The van der Waals surface area contributed by atoms with Gasteiger partial charge in [-0.25, -0.2) is 8.42 Å². The first-order chi connectivity index (χ1) is 18.4. The Morgan fingerprint density at radius 3 is 1.95 bits per heavy atom. The molecule has 1 unspecified atom stereocenters.